The first-order valence-corrected chi connectivity index (χ1v) is 10.7. The summed E-state index contributed by atoms with van der Waals surface area (Å²) in [6.45, 7) is 8.26. The molecular formula is C22H23N3O3S. The van der Waals surface area contributed by atoms with Crippen LogP contribution in [-0.4, -0.2) is 55.2 Å². The fourth-order valence-corrected chi connectivity index (χ4v) is 4.86. The van der Waals surface area contributed by atoms with E-state index in [1.807, 2.05) is 17.0 Å². The number of benzene rings is 2. The monoisotopic (exact) mass is 409 g/mol. The number of anilines is 1. The van der Waals surface area contributed by atoms with Crippen LogP contribution in [0.3, 0.4) is 0 Å². The topological polar surface area (TPSA) is 54.9 Å². The van der Waals surface area contributed by atoms with Crippen molar-refractivity contribution in [3.63, 3.8) is 0 Å². The van der Waals surface area contributed by atoms with Crippen LogP contribution in [0.2, 0.25) is 0 Å². The SMILES string of the molecule is Cc1cc2nc(N3CCN(C(=O)c4ccc5c(c4)OCCO5)CC3)sc2cc1C. The zero-order valence-corrected chi connectivity index (χ0v) is 17.4. The molecule has 0 radical (unpaired) electrons. The number of aryl methyl sites for hydroxylation is 2. The molecule has 150 valence electrons. The van der Waals surface area contributed by atoms with E-state index in [9.17, 15) is 4.79 Å². The van der Waals surface area contributed by atoms with Crippen LogP contribution in [0.15, 0.2) is 30.3 Å². The summed E-state index contributed by atoms with van der Waals surface area (Å²) in [7, 11) is 0. The Morgan fingerprint density at radius 3 is 2.48 bits per heavy atom. The Hall–Kier alpha value is -2.80. The Morgan fingerprint density at radius 1 is 0.966 bits per heavy atom. The van der Waals surface area contributed by atoms with Crippen LogP contribution in [0.5, 0.6) is 11.5 Å². The van der Waals surface area contributed by atoms with Crippen molar-refractivity contribution in [2.45, 2.75) is 13.8 Å². The Kier molecular flexibility index (Phi) is 4.54. The molecule has 3 aromatic rings. The van der Waals surface area contributed by atoms with Crippen LogP contribution in [0, 0.1) is 13.8 Å². The van der Waals surface area contributed by atoms with Crippen molar-refractivity contribution in [2.75, 3.05) is 44.3 Å². The number of aromatic nitrogens is 1. The molecule has 7 heteroatoms. The fourth-order valence-electron chi connectivity index (χ4n) is 3.76. The molecule has 1 aromatic heterocycles. The van der Waals surface area contributed by atoms with Crippen molar-refractivity contribution in [3.8, 4) is 11.5 Å². The van der Waals surface area contributed by atoms with Crippen molar-refractivity contribution < 1.29 is 14.3 Å². The van der Waals surface area contributed by atoms with Gasteiger partial charge in [0.05, 0.1) is 10.2 Å². The zero-order valence-electron chi connectivity index (χ0n) is 16.6. The normalized spacial score (nSPS) is 16.3. The van der Waals surface area contributed by atoms with E-state index in [-0.39, 0.29) is 5.91 Å². The van der Waals surface area contributed by atoms with Crippen LogP contribution < -0.4 is 14.4 Å². The number of rotatable bonds is 2. The summed E-state index contributed by atoms with van der Waals surface area (Å²) in [5.41, 5.74) is 4.27. The van der Waals surface area contributed by atoms with Crippen LogP contribution in [-0.2, 0) is 0 Å². The molecule has 0 saturated carbocycles. The first-order valence-electron chi connectivity index (χ1n) is 9.90. The second-order valence-corrected chi connectivity index (χ2v) is 8.55. The van der Waals surface area contributed by atoms with E-state index in [1.54, 1.807) is 17.4 Å². The van der Waals surface area contributed by atoms with Crippen molar-refractivity contribution >= 4 is 32.6 Å². The van der Waals surface area contributed by atoms with E-state index in [1.165, 1.54) is 15.8 Å². The predicted octanol–water partition coefficient (Wildman–Crippen LogP) is 3.65. The maximum atomic E-state index is 12.9. The highest BCUT2D eigenvalue weighted by Crippen LogP contribution is 2.33. The van der Waals surface area contributed by atoms with Crippen molar-refractivity contribution in [1.29, 1.82) is 0 Å². The lowest BCUT2D eigenvalue weighted by Gasteiger charge is -2.34. The van der Waals surface area contributed by atoms with Gasteiger partial charge in [-0.05, 0) is 55.3 Å². The Morgan fingerprint density at radius 2 is 1.69 bits per heavy atom. The van der Waals surface area contributed by atoms with Gasteiger partial charge in [0.1, 0.15) is 13.2 Å². The van der Waals surface area contributed by atoms with Gasteiger partial charge in [-0.3, -0.25) is 4.79 Å². The average Bonchev–Trinajstić information content (AvgIpc) is 3.16. The van der Waals surface area contributed by atoms with E-state index in [0.717, 1.165) is 23.7 Å². The highest BCUT2D eigenvalue weighted by Gasteiger charge is 2.25. The minimum Gasteiger partial charge on any atom is -0.486 e. The van der Waals surface area contributed by atoms with E-state index in [0.29, 0.717) is 43.4 Å². The van der Waals surface area contributed by atoms with Crippen molar-refractivity contribution in [2.24, 2.45) is 0 Å². The number of amides is 1. The summed E-state index contributed by atoms with van der Waals surface area (Å²) in [6.07, 6.45) is 0. The summed E-state index contributed by atoms with van der Waals surface area (Å²) in [6, 6.07) is 9.81. The highest BCUT2D eigenvalue weighted by molar-refractivity contribution is 7.22. The molecule has 0 unspecified atom stereocenters. The molecule has 3 heterocycles. The van der Waals surface area contributed by atoms with E-state index >= 15 is 0 Å². The molecule has 1 fully saturated rings. The second-order valence-electron chi connectivity index (χ2n) is 7.54. The van der Waals surface area contributed by atoms with Crippen LogP contribution >= 0.6 is 11.3 Å². The molecule has 1 amide bonds. The molecule has 29 heavy (non-hydrogen) atoms. The Bertz CT molecular complexity index is 1050. The van der Waals surface area contributed by atoms with Gasteiger partial charge < -0.3 is 19.3 Å². The third kappa shape index (κ3) is 3.40. The standard InChI is InChI=1S/C22H23N3O3S/c1-14-11-17-20(12-15(14)2)29-22(23-17)25-7-5-24(6-8-25)21(26)16-3-4-18-19(13-16)28-10-9-27-18/h3-4,11-13H,5-10H2,1-2H3. The number of fused-ring (bicyclic) bond motifs is 2. The number of hydrogen-bond donors (Lipinski definition) is 0. The molecule has 0 bridgehead atoms. The predicted molar refractivity (Wildman–Crippen MR) is 115 cm³/mol. The largest absolute Gasteiger partial charge is 0.486 e. The summed E-state index contributed by atoms with van der Waals surface area (Å²) >= 11 is 1.73. The molecule has 5 rings (SSSR count). The van der Waals surface area contributed by atoms with Gasteiger partial charge in [-0.2, -0.15) is 0 Å². The minimum absolute atomic E-state index is 0.0390. The lowest BCUT2D eigenvalue weighted by Crippen LogP contribution is -2.48. The van der Waals surface area contributed by atoms with Gasteiger partial charge in [-0.25, -0.2) is 4.98 Å². The Labute approximate surface area is 173 Å². The number of carbonyl (C=O) groups excluding carboxylic acids is 1. The fraction of sp³-hybridized carbons (Fsp3) is 0.364. The van der Waals surface area contributed by atoms with E-state index in [4.69, 9.17) is 14.5 Å². The van der Waals surface area contributed by atoms with Gasteiger partial charge in [-0.1, -0.05) is 11.3 Å². The smallest absolute Gasteiger partial charge is 0.254 e. The number of piperazine rings is 1. The van der Waals surface area contributed by atoms with Crippen LogP contribution in [0.1, 0.15) is 21.5 Å². The number of hydrogen-bond acceptors (Lipinski definition) is 6. The maximum Gasteiger partial charge on any atom is 0.254 e. The second kappa shape index (κ2) is 7.22. The van der Waals surface area contributed by atoms with Gasteiger partial charge in [0.25, 0.3) is 5.91 Å². The van der Waals surface area contributed by atoms with Crippen LogP contribution in [0.25, 0.3) is 10.2 Å². The minimum atomic E-state index is 0.0390. The van der Waals surface area contributed by atoms with Gasteiger partial charge in [-0.15, -0.1) is 0 Å². The zero-order chi connectivity index (χ0) is 20.0. The molecule has 0 spiro atoms. The lowest BCUT2D eigenvalue weighted by atomic mass is 10.1. The molecule has 0 atom stereocenters. The third-order valence-corrected chi connectivity index (χ3v) is 6.70. The summed E-state index contributed by atoms with van der Waals surface area (Å²) in [4.78, 5) is 22.0. The molecule has 2 aliphatic rings. The maximum absolute atomic E-state index is 12.9. The van der Waals surface area contributed by atoms with E-state index in [2.05, 4.69) is 30.9 Å². The van der Waals surface area contributed by atoms with Gasteiger partial charge in [0.15, 0.2) is 16.6 Å². The molecule has 0 N–H and O–H groups in total. The molecule has 2 aromatic carbocycles. The number of carbonyl (C=O) groups is 1. The number of ether oxygens (including phenoxy) is 2. The molecule has 1 saturated heterocycles. The van der Waals surface area contributed by atoms with Gasteiger partial charge in [0, 0.05) is 31.7 Å². The molecule has 2 aliphatic heterocycles. The van der Waals surface area contributed by atoms with Crippen LogP contribution in [0.4, 0.5) is 5.13 Å². The summed E-state index contributed by atoms with van der Waals surface area (Å²) in [5.74, 6) is 1.40. The summed E-state index contributed by atoms with van der Waals surface area (Å²) < 4.78 is 12.4. The molecule has 6 nitrogen and oxygen atoms in total. The highest BCUT2D eigenvalue weighted by atomic mass is 32.1. The number of thiazole rings is 1. The van der Waals surface area contributed by atoms with Gasteiger partial charge >= 0.3 is 0 Å². The average molecular weight is 410 g/mol. The van der Waals surface area contributed by atoms with E-state index < -0.39 is 0 Å². The first-order chi connectivity index (χ1) is 14.1. The summed E-state index contributed by atoms with van der Waals surface area (Å²) in [5, 5.41) is 1.04. The molecule has 0 aliphatic carbocycles. The Balaban J connectivity index is 1.28. The first kappa shape index (κ1) is 18.2. The lowest BCUT2D eigenvalue weighted by molar-refractivity contribution is 0.0745. The number of nitrogens with zero attached hydrogens (tertiary/aromatic N) is 3. The molecular weight excluding hydrogens is 386 g/mol. The van der Waals surface area contributed by atoms with Crippen molar-refractivity contribution in [3.05, 3.63) is 47.0 Å². The van der Waals surface area contributed by atoms with Crippen molar-refractivity contribution in [1.82, 2.24) is 9.88 Å². The van der Waals surface area contributed by atoms with Gasteiger partial charge in [0.2, 0.25) is 0 Å². The quantitative estimate of drug-likeness (QED) is 0.647. The third-order valence-electron chi connectivity index (χ3n) is 5.62.